The molecule has 1 aliphatic carbocycles. The van der Waals surface area contributed by atoms with E-state index in [0.29, 0.717) is 6.54 Å². The molecule has 4 heteroatoms. The van der Waals surface area contributed by atoms with E-state index in [9.17, 15) is 4.79 Å². The van der Waals surface area contributed by atoms with Gasteiger partial charge >= 0.3 is 6.09 Å². The van der Waals surface area contributed by atoms with Gasteiger partial charge in [0.1, 0.15) is 5.60 Å². The molecule has 1 rings (SSSR count). The molecule has 16 heavy (non-hydrogen) atoms. The van der Waals surface area contributed by atoms with E-state index in [1.165, 1.54) is 6.42 Å². The average Bonchev–Trinajstić information content (AvgIpc) is 2.06. The Morgan fingerprint density at radius 2 is 2.06 bits per heavy atom. The van der Waals surface area contributed by atoms with Gasteiger partial charge in [0.25, 0.3) is 0 Å². The van der Waals surface area contributed by atoms with Crippen LogP contribution < -0.4 is 11.1 Å². The third-order valence-corrected chi connectivity index (χ3v) is 2.87. The summed E-state index contributed by atoms with van der Waals surface area (Å²) in [7, 11) is 0. The van der Waals surface area contributed by atoms with Gasteiger partial charge in [-0.3, -0.25) is 0 Å². The van der Waals surface area contributed by atoms with Crippen LogP contribution in [0.1, 0.15) is 52.9 Å². The first-order chi connectivity index (χ1) is 7.31. The van der Waals surface area contributed by atoms with Crippen LogP contribution in [0.15, 0.2) is 0 Å². The van der Waals surface area contributed by atoms with E-state index in [4.69, 9.17) is 10.5 Å². The molecule has 0 aliphatic heterocycles. The molecule has 1 fully saturated rings. The zero-order valence-electron chi connectivity index (χ0n) is 10.6. The fourth-order valence-electron chi connectivity index (χ4n) is 1.83. The summed E-state index contributed by atoms with van der Waals surface area (Å²) in [5.41, 5.74) is 5.71. The van der Waals surface area contributed by atoms with E-state index >= 15 is 0 Å². The molecule has 0 spiro atoms. The molecule has 1 amide bonds. The Morgan fingerprint density at radius 3 is 2.50 bits per heavy atom. The van der Waals surface area contributed by atoms with Crippen LogP contribution in [0.25, 0.3) is 0 Å². The van der Waals surface area contributed by atoms with Gasteiger partial charge in [-0.15, -0.1) is 0 Å². The second kappa shape index (κ2) is 5.04. The topological polar surface area (TPSA) is 64.3 Å². The number of ether oxygens (including phenoxy) is 1. The molecule has 1 aliphatic rings. The minimum atomic E-state index is -0.423. The number of amides is 1. The maximum Gasteiger partial charge on any atom is 0.407 e. The fraction of sp³-hybridized carbons (Fsp3) is 0.917. The number of alkyl carbamates (subject to hydrolysis) is 1. The zero-order valence-corrected chi connectivity index (χ0v) is 10.6. The minimum Gasteiger partial charge on any atom is -0.444 e. The molecule has 0 saturated heterocycles. The average molecular weight is 228 g/mol. The lowest BCUT2D eigenvalue weighted by molar-refractivity contribution is 0.0524. The van der Waals surface area contributed by atoms with E-state index in [1.807, 2.05) is 20.8 Å². The third-order valence-electron chi connectivity index (χ3n) is 2.87. The van der Waals surface area contributed by atoms with E-state index in [2.05, 4.69) is 5.32 Å². The Hall–Kier alpha value is -0.770. The van der Waals surface area contributed by atoms with Crippen molar-refractivity contribution in [3.63, 3.8) is 0 Å². The highest BCUT2D eigenvalue weighted by atomic mass is 16.6. The van der Waals surface area contributed by atoms with Crippen molar-refractivity contribution in [2.45, 2.75) is 64.0 Å². The van der Waals surface area contributed by atoms with Crippen LogP contribution in [0.3, 0.4) is 0 Å². The summed E-state index contributed by atoms with van der Waals surface area (Å²) in [6.45, 7) is 6.22. The SMILES string of the molecule is CC(C)(C)OC(=O)NCCCC1(N)CCC1. The quantitative estimate of drug-likeness (QED) is 0.725. The normalized spacial score (nSPS) is 18.8. The Bertz CT molecular complexity index is 242. The largest absolute Gasteiger partial charge is 0.444 e. The molecule has 94 valence electrons. The molecule has 0 radical (unpaired) electrons. The van der Waals surface area contributed by atoms with Gasteiger partial charge in [-0.2, -0.15) is 0 Å². The molecule has 3 N–H and O–H groups in total. The second-order valence-electron chi connectivity index (χ2n) is 5.75. The monoisotopic (exact) mass is 228 g/mol. The van der Waals surface area contributed by atoms with Crippen molar-refractivity contribution in [1.29, 1.82) is 0 Å². The molecule has 4 nitrogen and oxygen atoms in total. The molecule has 0 heterocycles. The number of carbonyl (C=O) groups excluding carboxylic acids is 1. The van der Waals surface area contributed by atoms with Gasteiger partial charge in [0, 0.05) is 12.1 Å². The highest BCUT2D eigenvalue weighted by Gasteiger charge is 2.31. The maximum absolute atomic E-state index is 11.3. The Kier molecular flexibility index (Phi) is 4.19. The summed E-state index contributed by atoms with van der Waals surface area (Å²) in [5.74, 6) is 0. The van der Waals surface area contributed by atoms with Gasteiger partial charge in [-0.05, 0) is 52.9 Å². The van der Waals surface area contributed by atoms with Crippen molar-refractivity contribution in [1.82, 2.24) is 5.32 Å². The van der Waals surface area contributed by atoms with E-state index < -0.39 is 5.60 Å². The lowest BCUT2D eigenvalue weighted by atomic mass is 9.75. The third kappa shape index (κ3) is 4.84. The molecule has 0 aromatic rings. The van der Waals surface area contributed by atoms with Crippen molar-refractivity contribution < 1.29 is 9.53 Å². The first kappa shape index (κ1) is 13.3. The lowest BCUT2D eigenvalue weighted by Crippen LogP contribution is -2.46. The van der Waals surface area contributed by atoms with Crippen LogP contribution in [-0.4, -0.2) is 23.8 Å². The van der Waals surface area contributed by atoms with Gasteiger partial charge in [-0.25, -0.2) is 4.79 Å². The van der Waals surface area contributed by atoms with Gasteiger partial charge < -0.3 is 15.8 Å². The lowest BCUT2D eigenvalue weighted by Gasteiger charge is -2.38. The molecular weight excluding hydrogens is 204 g/mol. The van der Waals surface area contributed by atoms with Gasteiger partial charge in [0.2, 0.25) is 0 Å². The van der Waals surface area contributed by atoms with Crippen molar-refractivity contribution >= 4 is 6.09 Å². The van der Waals surface area contributed by atoms with Crippen LogP contribution >= 0.6 is 0 Å². The molecule has 0 aromatic carbocycles. The van der Waals surface area contributed by atoms with Crippen LogP contribution in [0.5, 0.6) is 0 Å². The number of rotatable bonds is 4. The van der Waals surface area contributed by atoms with Crippen LogP contribution in [0.2, 0.25) is 0 Å². The molecule has 0 unspecified atom stereocenters. The van der Waals surface area contributed by atoms with Crippen molar-refractivity contribution in [3.05, 3.63) is 0 Å². The number of nitrogens with one attached hydrogen (secondary N) is 1. The molecule has 1 saturated carbocycles. The van der Waals surface area contributed by atoms with Crippen molar-refractivity contribution in [2.24, 2.45) is 5.73 Å². The van der Waals surface area contributed by atoms with Crippen LogP contribution in [0.4, 0.5) is 4.79 Å². The fourth-order valence-corrected chi connectivity index (χ4v) is 1.83. The molecular formula is C12H24N2O2. The molecule has 0 aromatic heterocycles. The summed E-state index contributed by atoms with van der Waals surface area (Å²) >= 11 is 0. The van der Waals surface area contributed by atoms with Gasteiger partial charge in [-0.1, -0.05) is 0 Å². The summed E-state index contributed by atoms with van der Waals surface area (Å²) in [6.07, 6.45) is 5.07. The van der Waals surface area contributed by atoms with E-state index in [1.54, 1.807) is 0 Å². The Balaban J connectivity index is 2.04. The number of nitrogens with two attached hydrogens (primary N) is 1. The van der Waals surface area contributed by atoms with Crippen molar-refractivity contribution in [3.8, 4) is 0 Å². The Morgan fingerprint density at radius 1 is 1.44 bits per heavy atom. The summed E-state index contributed by atoms with van der Waals surface area (Å²) in [5, 5.41) is 2.74. The smallest absolute Gasteiger partial charge is 0.407 e. The maximum atomic E-state index is 11.3. The van der Waals surface area contributed by atoms with Gasteiger partial charge in [0.05, 0.1) is 0 Å². The number of hydrogen-bond donors (Lipinski definition) is 2. The first-order valence-corrected chi connectivity index (χ1v) is 6.07. The summed E-state index contributed by atoms with van der Waals surface area (Å²) in [4.78, 5) is 11.3. The first-order valence-electron chi connectivity index (χ1n) is 6.07. The van der Waals surface area contributed by atoms with Crippen LogP contribution in [0, 0.1) is 0 Å². The van der Waals surface area contributed by atoms with E-state index in [-0.39, 0.29) is 11.6 Å². The molecule has 0 bridgehead atoms. The van der Waals surface area contributed by atoms with Crippen molar-refractivity contribution in [2.75, 3.05) is 6.54 Å². The molecule has 0 atom stereocenters. The summed E-state index contributed by atoms with van der Waals surface area (Å²) in [6, 6.07) is 0. The predicted molar refractivity (Wildman–Crippen MR) is 64.2 cm³/mol. The van der Waals surface area contributed by atoms with Gasteiger partial charge in [0.15, 0.2) is 0 Å². The van der Waals surface area contributed by atoms with Crippen LogP contribution in [-0.2, 0) is 4.74 Å². The predicted octanol–water partition coefficient (Wildman–Crippen LogP) is 2.17. The standard InChI is InChI=1S/C12H24N2O2/c1-11(2,3)16-10(15)14-9-5-8-12(13)6-4-7-12/h4-9,13H2,1-3H3,(H,14,15). The minimum absolute atomic E-state index is 0.0512. The highest BCUT2D eigenvalue weighted by molar-refractivity contribution is 5.67. The van der Waals surface area contributed by atoms with E-state index in [0.717, 1.165) is 25.7 Å². The highest BCUT2D eigenvalue weighted by Crippen LogP contribution is 2.32. The second-order valence-corrected chi connectivity index (χ2v) is 5.75. The summed E-state index contributed by atoms with van der Waals surface area (Å²) < 4.78 is 5.13. The zero-order chi connectivity index (χ0) is 12.2. The Labute approximate surface area is 97.9 Å². The number of carbonyl (C=O) groups is 1. The number of hydrogen-bond acceptors (Lipinski definition) is 3.